The molecule has 4 unspecified atom stereocenters. The van der Waals surface area contributed by atoms with Crippen LogP contribution >= 0.6 is 11.8 Å². The fourth-order valence-electron chi connectivity index (χ4n) is 10.8. The molecule has 6 aromatic carbocycles. The summed E-state index contributed by atoms with van der Waals surface area (Å²) in [6.07, 6.45) is 0.744. The fourth-order valence-corrected chi connectivity index (χ4v) is 21.8. The van der Waals surface area contributed by atoms with Gasteiger partial charge in [0.1, 0.15) is 11.5 Å². The third-order valence-electron chi connectivity index (χ3n) is 13.7. The molecule has 0 aromatic heterocycles. The standard InChI is InChI=1S/C55H63NO5SSi2/c1-53(2,3)63(44-26-16-10-17-27-44,45-28-18-11-19-29-45)60-40-48-49-37-52(57)56(39-41-34-35-42(58-7)36-50(41)59-8)55(49,62-43-24-14-9-15-25-43)38-51(48)61-64(54(4,5)6,46-30-20-12-21-31-46)47-32-22-13-23-33-47/h9-36,48-49,51H,37-40H2,1-8H3. The van der Waals surface area contributed by atoms with Crippen molar-refractivity contribution in [2.24, 2.45) is 11.8 Å². The average Bonchev–Trinajstić information content (AvgIpc) is 3.72. The molecular formula is C55H63NO5SSi2. The van der Waals surface area contributed by atoms with E-state index in [0.29, 0.717) is 37.5 Å². The molecule has 2 aliphatic rings. The van der Waals surface area contributed by atoms with Gasteiger partial charge in [0.15, 0.2) is 0 Å². The third kappa shape index (κ3) is 8.30. The van der Waals surface area contributed by atoms with Crippen LogP contribution in [0.4, 0.5) is 0 Å². The number of carbonyl (C=O) groups excluding carboxylic acids is 1. The number of carbonyl (C=O) groups is 1. The summed E-state index contributed by atoms with van der Waals surface area (Å²) in [6, 6.07) is 60.2. The van der Waals surface area contributed by atoms with E-state index in [2.05, 4.69) is 198 Å². The summed E-state index contributed by atoms with van der Waals surface area (Å²) in [5.74, 6) is 1.30. The quantitative estimate of drug-likeness (QED) is 0.0958. The van der Waals surface area contributed by atoms with Gasteiger partial charge >= 0.3 is 0 Å². The Kier molecular flexibility index (Phi) is 13.2. The van der Waals surface area contributed by atoms with Gasteiger partial charge in [-0.05, 0) is 55.1 Å². The zero-order chi connectivity index (χ0) is 45.2. The minimum atomic E-state index is -3.10. The second kappa shape index (κ2) is 18.5. The lowest BCUT2D eigenvalue weighted by Gasteiger charge is -2.47. The van der Waals surface area contributed by atoms with E-state index in [0.717, 1.165) is 10.5 Å². The zero-order valence-electron chi connectivity index (χ0n) is 38.6. The molecule has 64 heavy (non-hydrogen) atoms. The number of amides is 1. The lowest BCUT2D eigenvalue weighted by molar-refractivity contribution is -0.130. The smallest absolute Gasteiger partial charge is 0.261 e. The van der Waals surface area contributed by atoms with E-state index in [1.807, 2.05) is 30.0 Å². The number of likely N-dealkylation sites (tertiary alicyclic amines) is 1. The third-order valence-corrected chi connectivity index (χ3v) is 25.4. The van der Waals surface area contributed by atoms with Gasteiger partial charge < -0.3 is 23.2 Å². The van der Waals surface area contributed by atoms with Crippen LogP contribution in [0.25, 0.3) is 0 Å². The summed E-state index contributed by atoms with van der Waals surface area (Å²) >= 11 is 1.82. The van der Waals surface area contributed by atoms with E-state index in [-0.39, 0.29) is 33.9 Å². The molecule has 0 N–H and O–H groups in total. The van der Waals surface area contributed by atoms with Gasteiger partial charge in [0.05, 0.1) is 31.7 Å². The molecule has 332 valence electrons. The van der Waals surface area contributed by atoms with Crippen LogP contribution in [-0.2, 0) is 20.2 Å². The summed E-state index contributed by atoms with van der Waals surface area (Å²) in [6.45, 7) is 14.9. The van der Waals surface area contributed by atoms with Gasteiger partial charge in [-0.15, -0.1) is 0 Å². The highest BCUT2D eigenvalue weighted by atomic mass is 32.2. The highest BCUT2D eigenvalue weighted by Crippen LogP contribution is 2.61. The SMILES string of the molecule is COc1ccc(CN2C(=O)CC3C(CO[Si](c4ccccc4)(c4ccccc4)C(C)(C)C)C(O[Si](c4ccccc4)(c4ccccc4)C(C)(C)C)CC32Sc2ccccc2)c(OC)c1. The van der Waals surface area contributed by atoms with E-state index < -0.39 is 21.5 Å². The molecule has 1 heterocycles. The molecule has 1 aliphatic carbocycles. The molecule has 0 bridgehead atoms. The number of hydrogen-bond acceptors (Lipinski definition) is 6. The number of rotatable bonds is 15. The zero-order valence-corrected chi connectivity index (χ0v) is 41.4. The molecule has 1 saturated heterocycles. The van der Waals surface area contributed by atoms with Crippen LogP contribution in [0, 0.1) is 11.8 Å². The minimum absolute atomic E-state index is 0.101. The van der Waals surface area contributed by atoms with E-state index in [9.17, 15) is 0 Å². The van der Waals surface area contributed by atoms with Gasteiger partial charge in [-0.2, -0.15) is 0 Å². The van der Waals surface area contributed by atoms with Crippen LogP contribution in [0.2, 0.25) is 10.1 Å². The van der Waals surface area contributed by atoms with Gasteiger partial charge in [0.2, 0.25) is 5.91 Å². The van der Waals surface area contributed by atoms with Crippen molar-refractivity contribution in [2.45, 2.75) is 86.9 Å². The molecule has 6 aromatic rings. The van der Waals surface area contributed by atoms with Crippen molar-refractivity contribution in [1.29, 1.82) is 0 Å². The van der Waals surface area contributed by atoms with Crippen LogP contribution in [0.15, 0.2) is 175 Å². The summed E-state index contributed by atoms with van der Waals surface area (Å²) in [5, 5.41) is 4.44. The Morgan fingerprint density at radius 1 is 0.625 bits per heavy atom. The van der Waals surface area contributed by atoms with Gasteiger partial charge in [-0.25, -0.2) is 0 Å². The van der Waals surface area contributed by atoms with Crippen molar-refractivity contribution in [3.8, 4) is 11.5 Å². The Balaban J connectivity index is 1.34. The first kappa shape index (κ1) is 45.7. The first-order valence-electron chi connectivity index (χ1n) is 22.6. The van der Waals surface area contributed by atoms with Crippen molar-refractivity contribution in [2.75, 3.05) is 20.8 Å². The topological polar surface area (TPSA) is 57.2 Å². The highest BCUT2D eigenvalue weighted by molar-refractivity contribution is 8.00. The maximum Gasteiger partial charge on any atom is 0.261 e. The van der Waals surface area contributed by atoms with Crippen molar-refractivity contribution < 1.29 is 23.1 Å². The summed E-state index contributed by atoms with van der Waals surface area (Å²) in [5.41, 5.74) is 0.932. The van der Waals surface area contributed by atoms with Crippen LogP contribution < -0.4 is 30.2 Å². The number of nitrogens with zero attached hydrogens (tertiary/aromatic N) is 1. The van der Waals surface area contributed by atoms with Gasteiger partial charge in [0, 0.05) is 47.8 Å². The lowest BCUT2D eigenvalue weighted by atomic mass is 9.92. The molecule has 6 nitrogen and oxygen atoms in total. The monoisotopic (exact) mass is 905 g/mol. The maximum atomic E-state index is 15.0. The largest absolute Gasteiger partial charge is 0.497 e. The Labute approximate surface area is 387 Å². The van der Waals surface area contributed by atoms with E-state index in [1.165, 1.54) is 20.7 Å². The number of hydrogen-bond donors (Lipinski definition) is 0. The fraction of sp³-hybridized carbons (Fsp3) is 0.327. The van der Waals surface area contributed by atoms with Crippen LogP contribution in [0.5, 0.6) is 11.5 Å². The number of thioether (sulfide) groups is 1. The Morgan fingerprint density at radius 3 is 1.55 bits per heavy atom. The van der Waals surface area contributed by atoms with Gasteiger partial charge in [0.25, 0.3) is 16.6 Å². The Hall–Kier alpha value is -4.91. The lowest BCUT2D eigenvalue weighted by Crippen LogP contribution is -2.68. The number of ether oxygens (including phenoxy) is 2. The van der Waals surface area contributed by atoms with Crippen LogP contribution in [0.1, 0.15) is 59.9 Å². The Morgan fingerprint density at radius 2 is 1.09 bits per heavy atom. The average molecular weight is 906 g/mol. The van der Waals surface area contributed by atoms with E-state index >= 15 is 4.79 Å². The van der Waals surface area contributed by atoms with Crippen molar-refractivity contribution in [3.05, 3.63) is 175 Å². The predicted molar refractivity (Wildman–Crippen MR) is 267 cm³/mol. The Bertz CT molecular complexity index is 2400. The second-order valence-corrected chi connectivity index (χ2v) is 29.3. The molecule has 2 fully saturated rings. The van der Waals surface area contributed by atoms with Crippen molar-refractivity contribution >= 4 is 55.1 Å². The van der Waals surface area contributed by atoms with E-state index in [1.54, 1.807) is 14.2 Å². The normalized spacial score (nSPS) is 20.3. The maximum absolute atomic E-state index is 15.0. The van der Waals surface area contributed by atoms with Crippen molar-refractivity contribution in [3.63, 3.8) is 0 Å². The van der Waals surface area contributed by atoms with Crippen molar-refractivity contribution in [1.82, 2.24) is 4.90 Å². The highest BCUT2D eigenvalue weighted by Gasteiger charge is 2.66. The molecule has 4 atom stereocenters. The number of methoxy groups -OCH3 is 2. The molecule has 0 radical (unpaired) electrons. The van der Waals surface area contributed by atoms with Gasteiger partial charge in [-0.3, -0.25) is 4.79 Å². The second-order valence-electron chi connectivity index (χ2n) is 19.4. The predicted octanol–water partition coefficient (Wildman–Crippen LogP) is 10.1. The number of benzene rings is 6. The molecule has 8 rings (SSSR count). The first-order chi connectivity index (χ1) is 30.8. The first-order valence-corrected chi connectivity index (χ1v) is 27.2. The molecule has 9 heteroatoms. The number of fused-ring (bicyclic) bond motifs is 1. The summed E-state index contributed by atoms with van der Waals surface area (Å²) < 4.78 is 27.8. The minimum Gasteiger partial charge on any atom is -0.497 e. The summed E-state index contributed by atoms with van der Waals surface area (Å²) in [4.78, 5) is 17.6. The van der Waals surface area contributed by atoms with Crippen LogP contribution in [0.3, 0.4) is 0 Å². The molecule has 1 saturated carbocycles. The molecule has 1 aliphatic heterocycles. The summed E-state index contributed by atoms with van der Waals surface area (Å²) in [7, 11) is -2.76. The molecular weight excluding hydrogens is 843 g/mol. The van der Waals surface area contributed by atoms with Gasteiger partial charge in [-0.1, -0.05) is 193 Å². The van der Waals surface area contributed by atoms with Crippen LogP contribution in [-0.4, -0.2) is 59.2 Å². The molecule has 0 spiro atoms. The van der Waals surface area contributed by atoms with E-state index in [4.69, 9.17) is 18.3 Å². The molecule has 1 amide bonds.